The molecular formula is C19H20N4OS2. The van der Waals surface area contributed by atoms with E-state index in [9.17, 15) is 0 Å². The fraction of sp³-hybridized carbons (Fsp3) is 0.316. The summed E-state index contributed by atoms with van der Waals surface area (Å²) in [7, 11) is 0. The highest BCUT2D eigenvalue weighted by Crippen LogP contribution is 2.40. The summed E-state index contributed by atoms with van der Waals surface area (Å²) >= 11 is 3.34. The molecule has 0 spiro atoms. The van der Waals surface area contributed by atoms with E-state index < -0.39 is 0 Å². The van der Waals surface area contributed by atoms with Crippen LogP contribution in [0.15, 0.2) is 41.6 Å². The second-order valence-electron chi connectivity index (χ2n) is 6.09. The number of fused-ring (bicyclic) bond motifs is 3. The molecule has 0 bridgehead atoms. The number of unbranched alkanes of at least 4 members (excludes halogenated alkanes) is 1. The van der Waals surface area contributed by atoms with Gasteiger partial charge in [-0.2, -0.15) is 4.98 Å². The van der Waals surface area contributed by atoms with E-state index in [1.54, 1.807) is 23.1 Å². The zero-order valence-electron chi connectivity index (χ0n) is 14.7. The fourth-order valence-electron chi connectivity index (χ4n) is 2.74. The predicted molar refractivity (Wildman–Crippen MR) is 107 cm³/mol. The number of hydrogen-bond acceptors (Lipinski definition) is 7. The van der Waals surface area contributed by atoms with E-state index in [0.29, 0.717) is 16.7 Å². The highest BCUT2D eigenvalue weighted by Gasteiger charge is 2.26. The Hall–Kier alpha value is -2.12. The van der Waals surface area contributed by atoms with E-state index in [2.05, 4.69) is 46.5 Å². The molecule has 4 rings (SSSR count). The van der Waals surface area contributed by atoms with Gasteiger partial charge in [0.05, 0.1) is 4.88 Å². The van der Waals surface area contributed by atoms with Crippen molar-refractivity contribution < 1.29 is 4.74 Å². The summed E-state index contributed by atoms with van der Waals surface area (Å²) in [6, 6.07) is 12.2. The lowest BCUT2D eigenvalue weighted by Gasteiger charge is -2.17. The third-order valence-electron chi connectivity index (χ3n) is 4.08. The second-order valence-corrected chi connectivity index (χ2v) is 8.47. The molecule has 7 heteroatoms. The van der Waals surface area contributed by atoms with E-state index in [1.807, 2.05) is 24.3 Å². The molecule has 0 amide bonds. The van der Waals surface area contributed by atoms with Crippen molar-refractivity contribution in [3.8, 4) is 17.1 Å². The van der Waals surface area contributed by atoms with Crippen LogP contribution in [0.4, 0.5) is 5.69 Å². The zero-order valence-corrected chi connectivity index (χ0v) is 16.4. The first kappa shape index (κ1) is 17.3. The lowest BCUT2D eigenvalue weighted by Crippen LogP contribution is -2.15. The molecule has 5 nitrogen and oxygen atoms in total. The van der Waals surface area contributed by atoms with Gasteiger partial charge in [0, 0.05) is 21.9 Å². The average molecular weight is 385 g/mol. The zero-order chi connectivity index (χ0) is 17.9. The standard InChI is InChI=1S/C19H20N4OS2/c1-3-4-11-25-19-21-18-16(22-23-19)13-7-5-6-8-14(13)20-17(24-18)15-10-9-12(2)26-15/h5-10,17,20H,3-4,11H2,1-2H3/t17-/m1/s1. The summed E-state index contributed by atoms with van der Waals surface area (Å²) < 4.78 is 6.26. The number of ether oxygens (including phenoxy) is 1. The first-order chi connectivity index (χ1) is 12.7. The Kier molecular flexibility index (Phi) is 5.08. The predicted octanol–water partition coefficient (Wildman–Crippen LogP) is 5.30. The van der Waals surface area contributed by atoms with Gasteiger partial charge in [0.15, 0.2) is 5.69 Å². The van der Waals surface area contributed by atoms with Gasteiger partial charge in [-0.05, 0) is 31.5 Å². The van der Waals surface area contributed by atoms with Crippen molar-refractivity contribution in [3.63, 3.8) is 0 Å². The van der Waals surface area contributed by atoms with Gasteiger partial charge in [0.25, 0.3) is 0 Å². The highest BCUT2D eigenvalue weighted by atomic mass is 32.2. The minimum atomic E-state index is -0.290. The van der Waals surface area contributed by atoms with E-state index in [-0.39, 0.29) is 6.23 Å². The van der Waals surface area contributed by atoms with E-state index in [4.69, 9.17) is 4.74 Å². The first-order valence-electron chi connectivity index (χ1n) is 8.71. The van der Waals surface area contributed by atoms with E-state index in [1.165, 1.54) is 4.88 Å². The van der Waals surface area contributed by atoms with E-state index in [0.717, 1.165) is 34.7 Å². The summed E-state index contributed by atoms with van der Waals surface area (Å²) in [6.45, 7) is 4.27. The number of thiophene rings is 1. The van der Waals surface area contributed by atoms with Gasteiger partial charge in [-0.1, -0.05) is 43.3 Å². The van der Waals surface area contributed by atoms with Gasteiger partial charge >= 0.3 is 0 Å². The monoisotopic (exact) mass is 384 g/mol. The molecule has 0 unspecified atom stereocenters. The average Bonchev–Trinajstić information content (AvgIpc) is 3.01. The minimum absolute atomic E-state index is 0.290. The van der Waals surface area contributed by atoms with Crippen molar-refractivity contribution in [2.75, 3.05) is 11.1 Å². The van der Waals surface area contributed by atoms with Gasteiger partial charge in [-0.15, -0.1) is 21.5 Å². The van der Waals surface area contributed by atoms with Crippen molar-refractivity contribution in [2.24, 2.45) is 0 Å². The van der Waals surface area contributed by atoms with Crippen LogP contribution in [0.2, 0.25) is 0 Å². The van der Waals surface area contributed by atoms with Gasteiger partial charge in [-0.25, -0.2) is 0 Å². The molecule has 1 aliphatic rings. The van der Waals surface area contributed by atoms with Crippen molar-refractivity contribution in [2.45, 2.75) is 38.1 Å². The molecule has 0 aliphatic carbocycles. The SMILES string of the molecule is CCCCSc1nnc2c(n1)O[C@H](c1ccc(C)s1)Nc1ccccc1-2. The van der Waals surface area contributed by atoms with Crippen LogP contribution < -0.4 is 10.1 Å². The Bertz CT molecular complexity index is 912. The van der Waals surface area contributed by atoms with Crippen LogP contribution >= 0.6 is 23.1 Å². The molecule has 2 aromatic heterocycles. The molecule has 0 saturated carbocycles. The summed E-state index contributed by atoms with van der Waals surface area (Å²) in [6.07, 6.45) is 1.99. The number of thioether (sulfide) groups is 1. The highest BCUT2D eigenvalue weighted by molar-refractivity contribution is 7.99. The Balaban J connectivity index is 1.73. The van der Waals surface area contributed by atoms with Crippen LogP contribution in [0, 0.1) is 6.92 Å². The Morgan fingerprint density at radius 3 is 2.88 bits per heavy atom. The van der Waals surface area contributed by atoms with Crippen molar-refractivity contribution in [1.29, 1.82) is 0 Å². The summed E-state index contributed by atoms with van der Waals surface area (Å²) in [5.41, 5.74) is 2.62. The minimum Gasteiger partial charge on any atom is -0.447 e. The molecule has 3 heterocycles. The number of para-hydroxylation sites is 1. The van der Waals surface area contributed by atoms with Gasteiger partial charge in [-0.3, -0.25) is 0 Å². The number of benzene rings is 1. The third kappa shape index (κ3) is 3.54. The third-order valence-corrected chi connectivity index (χ3v) is 6.05. The lowest BCUT2D eigenvalue weighted by molar-refractivity contribution is 0.229. The molecule has 0 radical (unpaired) electrons. The smallest absolute Gasteiger partial charge is 0.247 e. The van der Waals surface area contributed by atoms with E-state index >= 15 is 0 Å². The summed E-state index contributed by atoms with van der Waals surface area (Å²) in [5, 5.41) is 12.9. The molecule has 3 aromatic rings. The second kappa shape index (κ2) is 7.63. The number of aryl methyl sites for hydroxylation is 1. The van der Waals surface area contributed by atoms with Crippen LogP contribution in [0.1, 0.15) is 35.7 Å². The van der Waals surface area contributed by atoms with Crippen LogP contribution in [-0.4, -0.2) is 20.9 Å². The van der Waals surface area contributed by atoms with Crippen LogP contribution in [0.3, 0.4) is 0 Å². The van der Waals surface area contributed by atoms with Gasteiger partial charge < -0.3 is 10.1 Å². The van der Waals surface area contributed by atoms with Crippen LogP contribution in [-0.2, 0) is 0 Å². The van der Waals surface area contributed by atoms with Gasteiger partial charge in [0.2, 0.25) is 17.3 Å². The molecular weight excluding hydrogens is 364 g/mol. The lowest BCUT2D eigenvalue weighted by atomic mass is 10.1. The maximum absolute atomic E-state index is 6.26. The summed E-state index contributed by atoms with van der Waals surface area (Å²) in [5.74, 6) is 1.52. The number of aromatic nitrogens is 3. The topological polar surface area (TPSA) is 59.9 Å². The molecule has 1 aliphatic heterocycles. The van der Waals surface area contributed by atoms with Crippen molar-refractivity contribution in [1.82, 2.24) is 15.2 Å². The Labute approximate surface area is 161 Å². The molecule has 1 atom stereocenters. The molecule has 134 valence electrons. The normalized spacial score (nSPS) is 15.4. The van der Waals surface area contributed by atoms with Gasteiger partial charge in [0.1, 0.15) is 0 Å². The summed E-state index contributed by atoms with van der Waals surface area (Å²) in [4.78, 5) is 7.02. The van der Waals surface area contributed by atoms with Crippen molar-refractivity contribution >= 4 is 28.8 Å². The maximum atomic E-state index is 6.26. The van der Waals surface area contributed by atoms with Crippen LogP contribution in [0.25, 0.3) is 11.3 Å². The fourth-order valence-corrected chi connectivity index (χ4v) is 4.46. The van der Waals surface area contributed by atoms with Crippen LogP contribution in [0.5, 0.6) is 5.88 Å². The molecule has 0 fully saturated rings. The number of rotatable bonds is 5. The largest absolute Gasteiger partial charge is 0.447 e. The molecule has 26 heavy (non-hydrogen) atoms. The maximum Gasteiger partial charge on any atom is 0.247 e. The Morgan fingerprint density at radius 2 is 2.08 bits per heavy atom. The Morgan fingerprint density at radius 1 is 1.19 bits per heavy atom. The molecule has 1 aromatic carbocycles. The number of anilines is 1. The van der Waals surface area contributed by atoms with Crippen molar-refractivity contribution in [3.05, 3.63) is 46.2 Å². The molecule has 0 saturated heterocycles. The quantitative estimate of drug-likeness (QED) is 0.475. The number of nitrogens with one attached hydrogen (secondary N) is 1. The molecule has 1 N–H and O–H groups in total. The number of nitrogens with zero attached hydrogens (tertiary/aromatic N) is 3. The number of hydrogen-bond donors (Lipinski definition) is 1. The first-order valence-corrected chi connectivity index (χ1v) is 10.5.